The maximum atomic E-state index is 12.3. The Labute approximate surface area is 147 Å². The highest BCUT2D eigenvalue weighted by molar-refractivity contribution is 9.10. The number of hydrogen-bond acceptors (Lipinski definition) is 5. The lowest BCUT2D eigenvalue weighted by Crippen LogP contribution is -2.26. The van der Waals surface area contributed by atoms with E-state index in [1.807, 2.05) is 6.07 Å². The molecule has 0 radical (unpaired) electrons. The zero-order valence-corrected chi connectivity index (χ0v) is 15.3. The van der Waals surface area contributed by atoms with Crippen molar-refractivity contribution in [3.05, 3.63) is 44.6 Å². The molecule has 1 aromatic carbocycles. The minimum Gasteiger partial charge on any atom is -0.486 e. The molecule has 6 nitrogen and oxygen atoms in total. The number of ether oxygens (including phenoxy) is 1. The van der Waals surface area contributed by atoms with Crippen LogP contribution in [0.2, 0.25) is 5.02 Å². The van der Waals surface area contributed by atoms with Gasteiger partial charge in [-0.1, -0.05) is 27.5 Å². The van der Waals surface area contributed by atoms with Gasteiger partial charge in [-0.15, -0.1) is 0 Å². The van der Waals surface area contributed by atoms with Crippen LogP contribution in [0, 0.1) is 6.92 Å². The molecule has 2 N–H and O–H groups in total. The minimum absolute atomic E-state index is 0.0594. The molecule has 1 aromatic heterocycles. The summed E-state index contributed by atoms with van der Waals surface area (Å²) in [5.41, 5.74) is 7.01. The van der Waals surface area contributed by atoms with E-state index in [2.05, 4.69) is 25.9 Å². The number of aryl methyl sites for hydroxylation is 1. The van der Waals surface area contributed by atoms with Crippen LogP contribution in [-0.2, 0) is 6.61 Å². The number of anilines is 1. The molecule has 0 spiro atoms. The van der Waals surface area contributed by atoms with E-state index in [1.54, 1.807) is 33.2 Å². The number of carbonyl (C=O) groups is 1. The van der Waals surface area contributed by atoms with Crippen molar-refractivity contribution in [1.29, 1.82) is 0 Å². The Kier molecular flexibility index (Phi) is 5.43. The summed E-state index contributed by atoms with van der Waals surface area (Å²) in [5.74, 6) is 0.384. The second-order valence-electron chi connectivity index (χ2n) is 5.05. The van der Waals surface area contributed by atoms with E-state index < -0.39 is 0 Å². The number of hydrogen-bond donors (Lipinski definition) is 1. The van der Waals surface area contributed by atoms with E-state index in [0.29, 0.717) is 27.7 Å². The van der Waals surface area contributed by atoms with Crippen LogP contribution in [0.3, 0.4) is 0 Å². The zero-order valence-electron chi connectivity index (χ0n) is 12.9. The molecule has 8 heteroatoms. The Morgan fingerprint density at radius 2 is 2.09 bits per heavy atom. The van der Waals surface area contributed by atoms with Crippen LogP contribution >= 0.6 is 27.5 Å². The van der Waals surface area contributed by atoms with Gasteiger partial charge in [-0.2, -0.15) is 0 Å². The van der Waals surface area contributed by atoms with Crippen molar-refractivity contribution < 1.29 is 9.53 Å². The molecule has 0 saturated carbocycles. The smallest absolute Gasteiger partial charge is 0.257 e. The van der Waals surface area contributed by atoms with Gasteiger partial charge in [-0.3, -0.25) is 4.79 Å². The Morgan fingerprint density at radius 1 is 1.39 bits per heavy atom. The fraction of sp³-hybridized carbons (Fsp3) is 0.267. The molecule has 0 unspecified atom stereocenters. The number of halogens is 2. The summed E-state index contributed by atoms with van der Waals surface area (Å²) in [6.07, 6.45) is 0. The predicted molar refractivity (Wildman–Crippen MR) is 92.7 cm³/mol. The van der Waals surface area contributed by atoms with Crippen molar-refractivity contribution in [2.24, 2.45) is 0 Å². The second kappa shape index (κ2) is 7.14. The van der Waals surface area contributed by atoms with E-state index in [4.69, 9.17) is 22.1 Å². The summed E-state index contributed by atoms with van der Waals surface area (Å²) in [4.78, 5) is 22.0. The first kappa shape index (κ1) is 17.5. The quantitative estimate of drug-likeness (QED) is 0.854. The molecule has 2 rings (SSSR count). The van der Waals surface area contributed by atoms with Gasteiger partial charge in [0.05, 0.1) is 22.0 Å². The van der Waals surface area contributed by atoms with Crippen molar-refractivity contribution in [2.75, 3.05) is 19.8 Å². The van der Waals surface area contributed by atoms with Crippen LogP contribution in [-0.4, -0.2) is 34.9 Å². The Morgan fingerprint density at radius 3 is 2.70 bits per heavy atom. The molecule has 0 aliphatic rings. The molecule has 0 bridgehead atoms. The fourth-order valence-corrected chi connectivity index (χ4v) is 2.73. The van der Waals surface area contributed by atoms with Gasteiger partial charge in [-0.25, -0.2) is 9.97 Å². The Hall–Kier alpha value is -1.86. The highest BCUT2D eigenvalue weighted by Crippen LogP contribution is 2.28. The Bertz CT molecular complexity index is 752. The topological polar surface area (TPSA) is 81.3 Å². The molecule has 0 aliphatic carbocycles. The molecule has 0 aliphatic heterocycles. The fourth-order valence-electron chi connectivity index (χ4n) is 2.00. The van der Waals surface area contributed by atoms with E-state index in [-0.39, 0.29) is 18.5 Å². The number of aromatic nitrogens is 2. The molecule has 1 amide bonds. The third kappa shape index (κ3) is 4.11. The monoisotopic (exact) mass is 398 g/mol. The van der Waals surface area contributed by atoms with Gasteiger partial charge in [0.25, 0.3) is 5.91 Å². The SMILES string of the molecule is Cc1nc(N)nc(COc2ccc(Br)cc2Cl)c1C(=O)N(C)C. The highest BCUT2D eigenvalue weighted by atomic mass is 79.9. The van der Waals surface area contributed by atoms with Crippen molar-refractivity contribution in [3.8, 4) is 5.75 Å². The normalized spacial score (nSPS) is 10.5. The van der Waals surface area contributed by atoms with Crippen LogP contribution in [0.4, 0.5) is 5.95 Å². The first-order valence-electron chi connectivity index (χ1n) is 6.72. The summed E-state index contributed by atoms with van der Waals surface area (Å²) in [5, 5.41) is 0.457. The lowest BCUT2D eigenvalue weighted by atomic mass is 10.1. The van der Waals surface area contributed by atoms with Gasteiger partial charge in [0, 0.05) is 18.6 Å². The molecular weight excluding hydrogens is 384 g/mol. The standard InChI is InChI=1S/C15H16BrClN4O2/c1-8-13(14(22)21(2)3)11(20-15(18)19-8)7-23-12-5-4-9(16)6-10(12)17/h4-6H,7H2,1-3H3,(H2,18,19,20). The van der Waals surface area contributed by atoms with Gasteiger partial charge in [-0.05, 0) is 25.1 Å². The summed E-state index contributed by atoms with van der Waals surface area (Å²) in [7, 11) is 3.32. The van der Waals surface area contributed by atoms with Crippen LogP contribution < -0.4 is 10.5 Å². The minimum atomic E-state index is -0.206. The average Bonchev–Trinajstić information content (AvgIpc) is 2.45. The molecule has 1 heterocycles. The van der Waals surface area contributed by atoms with Crippen molar-refractivity contribution in [1.82, 2.24) is 14.9 Å². The van der Waals surface area contributed by atoms with Gasteiger partial charge >= 0.3 is 0 Å². The van der Waals surface area contributed by atoms with Crippen molar-refractivity contribution in [3.63, 3.8) is 0 Å². The number of nitrogens with two attached hydrogens (primary N) is 1. The average molecular weight is 400 g/mol. The summed E-state index contributed by atoms with van der Waals surface area (Å²) in [6, 6.07) is 5.27. The Balaban J connectivity index is 2.33. The first-order chi connectivity index (χ1) is 10.8. The third-order valence-electron chi connectivity index (χ3n) is 3.06. The van der Waals surface area contributed by atoms with Crippen LogP contribution in [0.1, 0.15) is 21.7 Å². The molecule has 0 fully saturated rings. The van der Waals surface area contributed by atoms with Gasteiger partial charge in [0.15, 0.2) is 0 Å². The largest absolute Gasteiger partial charge is 0.486 e. The third-order valence-corrected chi connectivity index (χ3v) is 3.85. The first-order valence-corrected chi connectivity index (χ1v) is 7.89. The van der Waals surface area contributed by atoms with Crippen LogP contribution in [0.5, 0.6) is 5.75 Å². The summed E-state index contributed by atoms with van der Waals surface area (Å²) in [6.45, 7) is 1.77. The van der Waals surface area contributed by atoms with Crippen LogP contribution in [0.25, 0.3) is 0 Å². The second-order valence-corrected chi connectivity index (χ2v) is 6.37. The molecule has 23 heavy (non-hydrogen) atoms. The zero-order chi connectivity index (χ0) is 17.1. The number of nitrogens with zero attached hydrogens (tertiary/aromatic N) is 3. The lowest BCUT2D eigenvalue weighted by Gasteiger charge is -2.16. The number of benzene rings is 1. The molecule has 122 valence electrons. The maximum Gasteiger partial charge on any atom is 0.257 e. The molecule has 0 atom stereocenters. The maximum absolute atomic E-state index is 12.3. The highest BCUT2D eigenvalue weighted by Gasteiger charge is 2.20. The molecular formula is C15H16BrClN4O2. The number of carbonyl (C=O) groups excluding carboxylic acids is 1. The molecule has 0 saturated heterocycles. The lowest BCUT2D eigenvalue weighted by molar-refractivity contribution is 0.0823. The number of nitrogen functional groups attached to an aromatic ring is 1. The van der Waals surface area contributed by atoms with Crippen molar-refractivity contribution >= 4 is 39.4 Å². The van der Waals surface area contributed by atoms with E-state index >= 15 is 0 Å². The van der Waals surface area contributed by atoms with Gasteiger partial charge < -0.3 is 15.4 Å². The van der Waals surface area contributed by atoms with E-state index in [1.165, 1.54) is 4.90 Å². The summed E-state index contributed by atoms with van der Waals surface area (Å²) >= 11 is 9.45. The predicted octanol–water partition coefficient (Wildman–Crippen LogP) is 3.06. The van der Waals surface area contributed by atoms with Gasteiger partial charge in [0.2, 0.25) is 5.95 Å². The van der Waals surface area contributed by atoms with Crippen LogP contribution in [0.15, 0.2) is 22.7 Å². The van der Waals surface area contributed by atoms with Crippen molar-refractivity contribution in [2.45, 2.75) is 13.5 Å². The summed E-state index contributed by atoms with van der Waals surface area (Å²) < 4.78 is 6.54. The van der Waals surface area contributed by atoms with E-state index in [9.17, 15) is 4.79 Å². The van der Waals surface area contributed by atoms with E-state index in [0.717, 1.165) is 4.47 Å². The number of amides is 1. The number of rotatable bonds is 4. The molecule has 2 aromatic rings. The van der Waals surface area contributed by atoms with Gasteiger partial charge in [0.1, 0.15) is 12.4 Å².